The highest BCUT2D eigenvalue weighted by Gasteiger charge is 2.09. The molecule has 0 spiro atoms. The lowest BCUT2D eigenvalue weighted by Crippen LogP contribution is -2.33. The highest BCUT2D eigenvalue weighted by atomic mass is 19.1. The summed E-state index contributed by atoms with van der Waals surface area (Å²) in [4.78, 5) is 23.4. The zero-order valence-corrected chi connectivity index (χ0v) is 13.7. The number of amides is 2. The second-order valence-corrected chi connectivity index (χ2v) is 5.59. The molecule has 0 aliphatic carbocycles. The molecule has 2 aromatic rings. The van der Waals surface area contributed by atoms with E-state index in [1.54, 1.807) is 30.3 Å². The lowest BCUT2D eigenvalue weighted by Gasteiger charge is -2.07. The number of hydrogen-bond acceptors (Lipinski definition) is 2. The first-order valence-corrected chi connectivity index (χ1v) is 8.06. The van der Waals surface area contributed by atoms with Crippen LogP contribution in [0, 0.1) is 11.6 Å². The van der Waals surface area contributed by atoms with Gasteiger partial charge in [0, 0.05) is 13.1 Å². The van der Waals surface area contributed by atoms with Crippen molar-refractivity contribution in [2.24, 2.45) is 0 Å². The number of nitrogens with one attached hydrogen (secondary N) is 2. The van der Waals surface area contributed by atoms with Gasteiger partial charge in [-0.1, -0.05) is 30.3 Å². The van der Waals surface area contributed by atoms with E-state index in [1.165, 1.54) is 18.2 Å². The van der Waals surface area contributed by atoms with Crippen LogP contribution in [0.4, 0.5) is 8.78 Å². The minimum absolute atomic E-state index is 0.266. The Labute approximate surface area is 145 Å². The number of halogens is 2. The summed E-state index contributed by atoms with van der Waals surface area (Å²) >= 11 is 0. The third kappa shape index (κ3) is 6.71. The molecule has 0 saturated heterocycles. The summed E-state index contributed by atoms with van der Waals surface area (Å²) in [7, 11) is 0. The molecule has 0 bridgehead atoms. The van der Waals surface area contributed by atoms with Crippen LogP contribution in [0.15, 0.2) is 48.5 Å². The van der Waals surface area contributed by atoms with Crippen molar-refractivity contribution < 1.29 is 18.4 Å². The molecule has 2 rings (SSSR count). The van der Waals surface area contributed by atoms with Gasteiger partial charge in [-0.05, 0) is 42.2 Å². The molecular weight excluding hydrogens is 326 g/mol. The van der Waals surface area contributed by atoms with E-state index in [0.717, 1.165) is 5.56 Å². The van der Waals surface area contributed by atoms with E-state index in [2.05, 4.69) is 10.6 Å². The van der Waals surface area contributed by atoms with Crippen molar-refractivity contribution in [3.05, 3.63) is 71.3 Å². The molecule has 2 amide bonds. The quantitative estimate of drug-likeness (QED) is 0.721. The van der Waals surface area contributed by atoms with Gasteiger partial charge in [-0.25, -0.2) is 8.78 Å². The first-order chi connectivity index (χ1) is 12.0. The van der Waals surface area contributed by atoms with Crippen LogP contribution in [0.1, 0.15) is 17.5 Å². The van der Waals surface area contributed by atoms with E-state index >= 15 is 0 Å². The van der Waals surface area contributed by atoms with Crippen molar-refractivity contribution in [1.29, 1.82) is 0 Å². The predicted molar refractivity (Wildman–Crippen MR) is 90.8 cm³/mol. The first-order valence-electron chi connectivity index (χ1n) is 8.06. The van der Waals surface area contributed by atoms with E-state index in [-0.39, 0.29) is 30.5 Å². The molecule has 0 fully saturated rings. The average Bonchev–Trinajstić information content (AvgIpc) is 2.58. The van der Waals surface area contributed by atoms with Crippen LogP contribution in [0.2, 0.25) is 0 Å². The Balaban J connectivity index is 1.62. The predicted octanol–water partition coefficient (Wildman–Crippen LogP) is 2.37. The van der Waals surface area contributed by atoms with Crippen LogP contribution in [-0.2, 0) is 22.4 Å². The molecular formula is C19H20F2N2O2. The molecule has 6 heteroatoms. The van der Waals surface area contributed by atoms with Gasteiger partial charge in [-0.2, -0.15) is 0 Å². The Morgan fingerprint density at radius 3 is 2.04 bits per heavy atom. The number of rotatable bonds is 8. The monoisotopic (exact) mass is 346 g/mol. The maximum Gasteiger partial charge on any atom is 0.229 e. The first kappa shape index (κ1) is 18.6. The highest BCUT2D eigenvalue weighted by molar-refractivity contribution is 5.96. The molecule has 0 heterocycles. The van der Waals surface area contributed by atoms with Crippen molar-refractivity contribution in [2.45, 2.75) is 19.3 Å². The molecule has 132 valence electrons. The zero-order valence-electron chi connectivity index (χ0n) is 13.7. The van der Waals surface area contributed by atoms with Gasteiger partial charge in [0.2, 0.25) is 11.8 Å². The van der Waals surface area contributed by atoms with Crippen molar-refractivity contribution in [3.8, 4) is 0 Å². The fraction of sp³-hybridized carbons (Fsp3) is 0.263. The average molecular weight is 346 g/mol. The summed E-state index contributed by atoms with van der Waals surface area (Å²) in [5.41, 5.74) is 1.42. The highest BCUT2D eigenvalue weighted by Crippen LogP contribution is 2.06. The maximum atomic E-state index is 13.4. The van der Waals surface area contributed by atoms with Gasteiger partial charge in [-0.15, -0.1) is 0 Å². The standard InChI is InChI=1S/C19H20F2N2O2/c20-16-7-5-14(6-8-16)9-11-22-18(24)13-19(25)23-12-10-15-3-1-2-4-17(15)21/h1-8H,9-13H2,(H,22,24)(H,23,25). The number of carbonyl (C=O) groups excluding carboxylic acids is 2. The van der Waals surface area contributed by atoms with Gasteiger partial charge in [0.1, 0.15) is 18.1 Å². The maximum absolute atomic E-state index is 13.4. The van der Waals surface area contributed by atoms with Gasteiger partial charge in [0.25, 0.3) is 0 Å². The molecule has 0 radical (unpaired) electrons. The molecule has 2 aromatic carbocycles. The Bertz CT molecular complexity index is 718. The van der Waals surface area contributed by atoms with Gasteiger partial charge in [0.05, 0.1) is 0 Å². The molecule has 0 aliphatic rings. The van der Waals surface area contributed by atoms with E-state index in [0.29, 0.717) is 24.9 Å². The number of carbonyl (C=O) groups is 2. The van der Waals surface area contributed by atoms with Crippen LogP contribution in [-0.4, -0.2) is 24.9 Å². The second-order valence-electron chi connectivity index (χ2n) is 5.59. The Hall–Kier alpha value is -2.76. The summed E-state index contributed by atoms with van der Waals surface area (Å²) in [6.45, 7) is 0.635. The molecule has 0 saturated carbocycles. The summed E-state index contributed by atoms with van der Waals surface area (Å²) in [5.74, 6) is -1.41. The lowest BCUT2D eigenvalue weighted by molar-refractivity contribution is -0.129. The normalized spacial score (nSPS) is 10.3. The van der Waals surface area contributed by atoms with Gasteiger partial charge >= 0.3 is 0 Å². The van der Waals surface area contributed by atoms with Crippen LogP contribution in [0.5, 0.6) is 0 Å². The van der Waals surface area contributed by atoms with Crippen LogP contribution in [0.25, 0.3) is 0 Å². The third-order valence-corrected chi connectivity index (χ3v) is 3.64. The van der Waals surface area contributed by atoms with Gasteiger partial charge in [0.15, 0.2) is 0 Å². The number of benzene rings is 2. The Morgan fingerprint density at radius 2 is 1.40 bits per heavy atom. The SMILES string of the molecule is O=C(CC(=O)NCCc1ccccc1F)NCCc1ccc(F)cc1. The fourth-order valence-electron chi connectivity index (χ4n) is 2.31. The van der Waals surface area contributed by atoms with Crippen molar-refractivity contribution in [2.75, 3.05) is 13.1 Å². The molecule has 0 atom stereocenters. The van der Waals surface area contributed by atoms with Crippen LogP contribution in [0.3, 0.4) is 0 Å². The summed E-state index contributed by atoms with van der Waals surface area (Å²) < 4.78 is 26.2. The van der Waals surface area contributed by atoms with Gasteiger partial charge < -0.3 is 10.6 Å². The number of hydrogen-bond donors (Lipinski definition) is 2. The summed E-state index contributed by atoms with van der Waals surface area (Å²) in [6.07, 6.45) is 0.645. The molecule has 2 N–H and O–H groups in total. The Morgan fingerprint density at radius 1 is 0.800 bits per heavy atom. The fourth-order valence-corrected chi connectivity index (χ4v) is 2.31. The second kappa shape index (κ2) is 9.52. The van der Waals surface area contributed by atoms with Crippen molar-refractivity contribution >= 4 is 11.8 Å². The van der Waals surface area contributed by atoms with Crippen LogP contribution >= 0.6 is 0 Å². The molecule has 0 unspecified atom stereocenters. The van der Waals surface area contributed by atoms with Gasteiger partial charge in [-0.3, -0.25) is 9.59 Å². The summed E-state index contributed by atoms with van der Waals surface area (Å²) in [6, 6.07) is 12.4. The van der Waals surface area contributed by atoms with E-state index in [4.69, 9.17) is 0 Å². The van der Waals surface area contributed by atoms with E-state index in [1.807, 2.05) is 0 Å². The largest absolute Gasteiger partial charge is 0.355 e. The van der Waals surface area contributed by atoms with E-state index in [9.17, 15) is 18.4 Å². The summed E-state index contributed by atoms with van der Waals surface area (Å²) in [5, 5.41) is 5.24. The molecule has 25 heavy (non-hydrogen) atoms. The van der Waals surface area contributed by atoms with E-state index < -0.39 is 5.91 Å². The van der Waals surface area contributed by atoms with Crippen LogP contribution < -0.4 is 10.6 Å². The molecule has 0 aliphatic heterocycles. The van der Waals surface area contributed by atoms with Crippen molar-refractivity contribution in [3.63, 3.8) is 0 Å². The minimum Gasteiger partial charge on any atom is -0.355 e. The minimum atomic E-state index is -0.407. The zero-order chi connectivity index (χ0) is 18.1. The smallest absolute Gasteiger partial charge is 0.229 e. The molecule has 4 nitrogen and oxygen atoms in total. The molecule has 0 aromatic heterocycles. The lowest BCUT2D eigenvalue weighted by atomic mass is 10.1. The van der Waals surface area contributed by atoms with Crippen molar-refractivity contribution in [1.82, 2.24) is 10.6 Å². The topological polar surface area (TPSA) is 58.2 Å². The Kier molecular flexibility index (Phi) is 7.07. The third-order valence-electron chi connectivity index (χ3n) is 3.64.